The Balaban J connectivity index is 1.69. The smallest absolute Gasteiger partial charge is 0.317 e. The maximum atomic E-state index is 12.9. The number of carboxylic acids is 1. The Morgan fingerprint density at radius 2 is 1.96 bits per heavy atom. The van der Waals surface area contributed by atoms with Crippen molar-refractivity contribution in [1.29, 1.82) is 0 Å². The lowest BCUT2D eigenvalue weighted by Crippen LogP contribution is -2.37. The van der Waals surface area contributed by atoms with Gasteiger partial charge in [-0.2, -0.15) is 5.10 Å². The van der Waals surface area contributed by atoms with Gasteiger partial charge in [-0.15, -0.1) is 0 Å². The van der Waals surface area contributed by atoms with Crippen LogP contribution in [0.4, 0.5) is 0 Å². The SMILES string of the molecule is Cc1cc(C(=O)N2CCCC(N(C)CC(=O)O)CC2)nn1-c1ccccc1. The van der Waals surface area contributed by atoms with Gasteiger partial charge in [0.2, 0.25) is 0 Å². The number of carbonyl (C=O) groups excluding carboxylic acids is 1. The maximum absolute atomic E-state index is 12.9. The van der Waals surface area contributed by atoms with Crippen molar-refractivity contribution in [2.45, 2.75) is 32.2 Å². The molecule has 0 spiro atoms. The van der Waals surface area contributed by atoms with Gasteiger partial charge in [0.1, 0.15) is 0 Å². The third kappa shape index (κ3) is 4.54. The number of aryl methyl sites for hydroxylation is 1. The molecular weight excluding hydrogens is 344 g/mol. The zero-order chi connectivity index (χ0) is 19.4. The summed E-state index contributed by atoms with van der Waals surface area (Å²) in [6.07, 6.45) is 2.53. The number of benzene rings is 1. The number of likely N-dealkylation sites (tertiary alicyclic amines) is 1. The molecule has 2 heterocycles. The van der Waals surface area contributed by atoms with Crippen molar-refractivity contribution in [1.82, 2.24) is 19.6 Å². The molecule has 3 rings (SSSR count). The van der Waals surface area contributed by atoms with E-state index in [4.69, 9.17) is 5.11 Å². The Morgan fingerprint density at radius 3 is 2.67 bits per heavy atom. The Bertz CT molecular complexity index is 803. The molecule has 0 saturated carbocycles. The molecule has 1 aliphatic rings. The van der Waals surface area contributed by atoms with Crippen LogP contribution in [0.5, 0.6) is 0 Å². The van der Waals surface area contributed by atoms with Crippen molar-refractivity contribution in [3.63, 3.8) is 0 Å². The van der Waals surface area contributed by atoms with E-state index in [0.717, 1.165) is 30.6 Å². The summed E-state index contributed by atoms with van der Waals surface area (Å²) in [5.41, 5.74) is 2.30. The highest BCUT2D eigenvalue weighted by Crippen LogP contribution is 2.19. The van der Waals surface area contributed by atoms with Gasteiger partial charge >= 0.3 is 5.97 Å². The number of carbonyl (C=O) groups is 2. The van der Waals surface area contributed by atoms with Gasteiger partial charge in [0.15, 0.2) is 5.69 Å². The second kappa shape index (κ2) is 8.35. The van der Waals surface area contributed by atoms with E-state index >= 15 is 0 Å². The van der Waals surface area contributed by atoms with Gasteiger partial charge in [0, 0.05) is 24.8 Å². The molecule has 1 unspecified atom stereocenters. The molecule has 27 heavy (non-hydrogen) atoms. The van der Waals surface area contributed by atoms with Crippen LogP contribution in [-0.2, 0) is 4.79 Å². The fourth-order valence-electron chi connectivity index (χ4n) is 3.64. The van der Waals surface area contributed by atoms with Crippen LogP contribution in [0.1, 0.15) is 35.4 Å². The molecule has 1 fully saturated rings. The highest BCUT2D eigenvalue weighted by molar-refractivity contribution is 5.92. The monoisotopic (exact) mass is 370 g/mol. The molecule has 0 bridgehead atoms. The van der Waals surface area contributed by atoms with E-state index in [1.54, 1.807) is 4.68 Å². The van der Waals surface area contributed by atoms with Crippen molar-refractivity contribution < 1.29 is 14.7 Å². The van der Waals surface area contributed by atoms with Crippen molar-refractivity contribution in [2.75, 3.05) is 26.7 Å². The van der Waals surface area contributed by atoms with E-state index < -0.39 is 5.97 Å². The minimum absolute atomic E-state index is 0.0271. The lowest BCUT2D eigenvalue weighted by Gasteiger charge is -2.25. The van der Waals surface area contributed by atoms with Crippen LogP contribution in [0.3, 0.4) is 0 Å². The first-order chi connectivity index (χ1) is 13.0. The lowest BCUT2D eigenvalue weighted by atomic mass is 10.1. The van der Waals surface area contributed by atoms with E-state index in [2.05, 4.69) is 5.10 Å². The molecule has 1 atom stereocenters. The average molecular weight is 370 g/mol. The first-order valence-corrected chi connectivity index (χ1v) is 9.29. The topological polar surface area (TPSA) is 78.7 Å². The highest BCUT2D eigenvalue weighted by atomic mass is 16.4. The van der Waals surface area contributed by atoms with Crippen molar-refractivity contribution in [3.8, 4) is 5.69 Å². The minimum Gasteiger partial charge on any atom is -0.480 e. The number of carboxylic acid groups (broad SMARTS) is 1. The number of para-hydroxylation sites is 1. The van der Waals surface area contributed by atoms with Crippen molar-refractivity contribution >= 4 is 11.9 Å². The van der Waals surface area contributed by atoms with Crippen LogP contribution in [0.15, 0.2) is 36.4 Å². The normalized spacial score (nSPS) is 17.7. The molecule has 0 radical (unpaired) electrons. The van der Waals surface area contributed by atoms with Crippen LogP contribution in [0.25, 0.3) is 5.69 Å². The second-order valence-corrected chi connectivity index (χ2v) is 7.10. The second-order valence-electron chi connectivity index (χ2n) is 7.10. The molecular formula is C20H26N4O3. The number of amides is 1. The number of aliphatic carboxylic acids is 1. The minimum atomic E-state index is -0.823. The fraction of sp³-hybridized carbons (Fsp3) is 0.450. The van der Waals surface area contributed by atoms with Gasteiger partial charge in [0.25, 0.3) is 5.91 Å². The third-order valence-corrected chi connectivity index (χ3v) is 5.10. The summed E-state index contributed by atoms with van der Waals surface area (Å²) in [5, 5.41) is 13.5. The predicted octanol–water partition coefficient (Wildman–Crippen LogP) is 2.19. The van der Waals surface area contributed by atoms with Gasteiger partial charge in [-0.25, -0.2) is 4.68 Å². The largest absolute Gasteiger partial charge is 0.480 e. The van der Waals surface area contributed by atoms with Gasteiger partial charge in [-0.3, -0.25) is 14.5 Å². The Labute approximate surface area is 159 Å². The number of hydrogen-bond acceptors (Lipinski definition) is 4. The zero-order valence-corrected chi connectivity index (χ0v) is 15.8. The number of nitrogens with zero attached hydrogens (tertiary/aromatic N) is 4. The van der Waals surface area contributed by atoms with E-state index in [1.165, 1.54) is 0 Å². The van der Waals surface area contributed by atoms with Gasteiger partial charge < -0.3 is 10.0 Å². The molecule has 1 amide bonds. The number of rotatable bonds is 5. The molecule has 7 heteroatoms. The molecule has 1 N–H and O–H groups in total. The number of hydrogen-bond donors (Lipinski definition) is 1. The van der Waals surface area contributed by atoms with E-state index in [9.17, 15) is 9.59 Å². The van der Waals surface area contributed by atoms with Gasteiger partial charge in [-0.1, -0.05) is 18.2 Å². The predicted molar refractivity (Wildman–Crippen MR) is 102 cm³/mol. The summed E-state index contributed by atoms with van der Waals surface area (Å²) in [7, 11) is 1.83. The van der Waals surface area contributed by atoms with E-state index in [1.807, 2.05) is 60.2 Å². The molecule has 1 aliphatic heterocycles. The maximum Gasteiger partial charge on any atom is 0.317 e. The molecule has 1 saturated heterocycles. The summed E-state index contributed by atoms with van der Waals surface area (Å²) < 4.78 is 1.79. The zero-order valence-electron chi connectivity index (χ0n) is 15.8. The quantitative estimate of drug-likeness (QED) is 0.873. The van der Waals surface area contributed by atoms with Crippen LogP contribution in [0.2, 0.25) is 0 Å². The molecule has 0 aliphatic carbocycles. The summed E-state index contributed by atoms with van der Waals surface area (Å²) in [6, 6.07) is 11.8. The van der Waals surface area contributed by atoms with Crippen molar-refractivity contribution in [2.24, 2.45) is 0 Å². The van der Waals surface area contributed by atoms with Crippen LogP contribution in [0, 0.1) is 6.92 Å². The lowest BCUT2D eigenvalue weighted by molar-refractivity contribution is -0.138. The Hall–Kier alpha value is -2.67. The summed E-state index contributed by atoms with van der Waals surface area (Å²) >= 11 is 0. The van der Waals surface area contributed by atoms with Crippen LogP contribution >= 0.6 is 0 Å². The summed E-state index contributed by atoms with van der Waals surface area (Å²) in [4.78, 5) is 27.6. The van der Waals surface area contributed by atoms with Crippen LogP contribution in [-0.4, -0.2) is 69.3 Å². The van der Waals surface area contributed by atoms with Gasteiger partial charge in [0.05, 0.1) is 12.2 Å². The van der Waals surface area contributed by atoms with Crippen LogP contribution < -0.4 is 0 Å². The Morgan fingerprint density at radius 1 is 1.22 bits per heavy atom. The first kappa shape index (κ1) is 19.1. The number of aromatic nitrogens is 2. The van der Waals surface area contributed by atoms with E-state index in [-0.39, 0.29) is 18.5 Å². The summed E-state index contributed by atoms with van der Waals surface area (Å²) in [5.74, 6) is -0.883. The first-order valence-electron chi connectivity index (χ1n) is 9.29. The molecule has 7 nitrogen and oxygen atoms in total. The molecule has 1 aromatic heterocycles. The molecule has 2 aromatic rings. The van der Waals surface area contributed by atoms with Crippen molar-refractivity contribution in [3.05, 3.63) is 47.8 Å². The third-order valence-electron chi connectivity index (χ3n) is 5.10. The van der Waals surface area contributed by atoms with E-state index in [0.29, 0.717) is 18.8 Å². The summed E-state index contributed by atoms with van der Waals surface area (Å²) in [6.45, 7) is 3.26. The Kier molecular flexibility index (Phi) is 5.91. The standard InChI is InChI=1S/C20H26N4O3/c1-15-13-18(21-24(15)17-7-4-3-5-8-17)20(27)23-11-6-9-16(10-12-23)22(2)14-19(25)26/h3-5,7-8,13,16H,6,9-12,14H2,1-2H3,(H,25,26). The molecule has 1 aromatic carbocycles. The number of likely N-dealkylation sites (N-methyl/N-ethyl adjacent to an activating group) is 1. The average Bonchev–Trinajstić information content (AvgIpc) is 2.87. The van der Waals surface area contributed by atoms with Gasteiger partial charge in [-0.05, 0) is 51.4 Å². The highest BCUT2D eigenvalue weighted by Gasteiger charge is 2.26. The molecule has 144 valence electrons. The fourth-order valence-corrected chi connectivity index (χ4v) is 3.64.